The predicted octanol–water partition coefficient (Wildman–Crippen LogP) is 2.77. The summed E-state index contributed by atoms with van der Waals surface area (Å²) in [5, 5.41) is 2.66. The van der Waals surface area contributed by atoms with Gasteiger partial charge in [-0.3, -0.25) is 4.79 Å². The van der Waals surface area contributed by atoms with Gasteiger partial charge in [-0.1, -0.05) is 12.1 Å². The lowest BCUT2D eigenvalue weighted by Gasteiger charge is -2.21. The third-order valence-electron chi connectivity index (χ3n) is 4.59. The van der Waals surface area contributed by atoms with E-state index in [0.717, 1.165) is 24.3 Å². The normalized spacial score (nSPS) is 11.2. The van der Waals surface area contributed by atoms with Gasteiger partial charge in [0.25, 0.3) is 5.91 Å². The fourth-order valence-corrected chi connectivity index (χ4v) is 4.01. The Hall–Kier alpha value is -2.58. The average Bonchev–Trinajstić information content (AvgIpc) is 2.73. The fourth-order valence-electron chi connectivity index (χ4n) is 2.96. The van der Waals surface area contributed by atoms with Crippen molar-refractivity contribution in [2.75, 3.05) is 31.6 Å². The molecule has 0 fully saturated rings. The number of methoxy groups -OCH3 is 1. The highest BCUT2D eigenvalue weighted by molar-refractivity contribution is 7.89. The number of rotatable bonds is 10. The number of ether oxygens (including phenoxy) is 1. The molecule has 2 N–H and O–H groups in total. The van der Waals surface area contributed by atoms with Crippen LogP contribution in [0.1, 0.15) is 36.7 Å². The smallest absolute Gasteiger partial charge is 0.255 e. The van der Waals surface area contributed by atoms with Crippen LogP contribution in [0.4, 0.5) is 5.69 Å². The van der Waals surface area contributed by atoms with Gasteiger partial charge in [0.1, 0.15) is 5.75 Å². The van der Waals surface area contributed by atoms with E-state index < -0.39 is 10.0 Å². The fraction of sp³-hybridized carbons (Fsp3) is 0.381. The summed E-state index contributed by atoms with van der Waals surface area (Å²) in [7, 11) is -2.35. The number of hydrogen-bond donors (Lipinski definition) is 2. The van der Waals surface area contributed by atoms with Crippen molar-refractivity contribution < 1.29 is 17.9 Å². The van der Waals surface area contributed by atoms with Gasteiger partial charge in [-0.15, -0.1) is 0 Å². The standard InChI is InChI=1S/C21H29N3O4S/c1-5-22-21(25)19-14-18(12-13-20(19)28-4)29(26,27)23-15-16-8-10-17(11-9-16)24(6-2)7-3/h8-14,23H,5-7,15H2,1-4H3,(H,22,25). The Kier molecular flexibility index (Phi) is 8.04. The Labute approximate surface area is 173 Å². The van der Waals surface area contributed by atoms with E-state index >= 15 is 0 Å². The molecule has 2 rings (SSSR count). The summed E-state index contributed by atoms with van der Waals surface area (Å²) in [6.07, 6.45) is 0. The minimum atomic E-state index is -3.79. The zero-order valence-electron chi connectivity index (χ0n) is 17.4. The molecule has 0 saturated heterocycles. The maximum atomic E-state index is 12.7. The third-order valence-corrected chi connectivity index (χ3v) is 5.99. The third kappa shape index (κ3) is 5.71. The van der Waals surface area contributed by atoms with Crippen molar-refractivity contribution in [3.05, 3.63) is 53.6 Å². The van der Waals surface area contributed by atoms with Gasteiger partial charge < -0.3 is 15.0 Å². The Morgan fingerprint density at radius 3 is 2.24 bits per heavy atom. The number of carbonyl (C=O) groups excluding carboxylic acids is 1. The number of sulfonamides is 1. The van der Waals surface area contributed by atoms with Crippen LogP contribution in [-0.2, 0) is 16.6 Å². The second-order valence-electron chi connectivity index (χ2n) is 6.38. The van der Waals surface area contributed by atoms with Crippen molar-refractivity contribution in [3.8, 4) is 5.75 Å². The van der Waals surface area contributed by atoms with Crippen LogP contribution in [0.5, 0.6) is 5.75 Å². The summed E-state index contributed by atoms with van der Waals surface area (Å²) in [5.74, 6) is -0.0599. The van der Waals surface area contributed by atoms with E-state index in [1.165, 1.54) is 25.3 Å². The van der Waals surface area contributed by atoms with E-state index in [1.54, 1.807) is 6.92 Å². The second kappa shape index (κ2) is 10.3. The van der Waals surface area contributed by atoms with Gasteiger partial charge in [0.05, 0.1) is 17.6 Å². The molecule has 0 spiro atoms. The minimum Gasteiger partial charge on any atom is -0.496 e. The molecule has 0 aliphatic heterocycles. The van der Waals surface area contributed by atoms with E-state index in [9.17, 15) is 13.2 Å². The molecule has 0 atom stereocenters. The second-order valence-corrected chi connectivity index (χ2v) is 8.15. The summed E-state index contributed by atoms with van der Waals surface area (Å²) in [5.41, 5.74) is 2.13. The van der Waals surface area contributed by atoms with Gasteiger partial charge in [0, 0.05) is 31.9 Å². The highest BCUT2D eigenvalue weighted by atomic mass is 32.2. The summed E-state index contributed by atoms with van der Waals surface area (Å²) in [6, 6.07) is 12.0. The Balaban J connectivity index is 2.17. The Bertz CT molecular complexity index is 923. The quantitative estimate of drug-likeness (QED) is 0.618. The van der Waals surface area contributed by atoms with Crippen LogP contribution in [0.3, 0.4) is 0 Å². The maximum absolute atomic E-state index is 12.7. The molecule has 0 unspecified atom stereocenters. The van der Waals surface area contributed by atoms with Gasteiger partial charge in [-0.05, 0) is 56.7 Å². The monoisotopic (exact) mass is 419 g/mol. The zero-order chi connectivity index (χ0) is 21.4. The SMILES string of the molecule is CCNC(=O)c1cc(S(=O)(=O)NCc2ccc(N(CC)CC)cc2)ccc1OC. The number of hydrogen-bond acceptors (Lipinski definition) is 5. The highest BCUT2D eigenvalue weighted by Crippen LogP contribution is 2.23. The van der Waals surface area contributed by atoms with Gasteiger partial charge in [-0.25, -0.2) is 13.1 Å². The number of nitrogens with zero attached hydrogens (tertiary/aromatic N) is 1. The molecule has 0 aromatic heterocycles. The van der Waals surface area contributed by atoms with Crippen molar-refractivity contribution in [2.45, 2.75) is 32.2 Å². The lowest BCUT2D eigenvalue weighted by Crippen LogP contribution is -2.26. The molecule has 8 heteroatoms. The summed E-state index contributed by atoms with van der Waals surface area (Å²) in [6.45, 7) is 8.38. The van der Waals surface area contributed by atoms with Gasteiger partial charge >= 0.3 is 0 Å². The molecule has 1 amide bonds. The van der Waals surface area contributed by atoms with Crippen LogP contribution in [0.15, 0.2) is 47.4 Å². The molecule has 29 heavy (non-hydrogen) atoms. The molecular formula is C21H29N3O4S. The summed E-state index contributed by atoms with van der Waals surface area (Å²) >= 11 is 0. The number of benzene rings is 2. The molecule has 0 heterocycles. The number of amides is 1. The molecule has 0 aliphatic rings. The first kappa shape index (κ1) is 22.7. The molecule has 2 aromatic carbocycles. The molecule has 0 aliphatic carbocycles. The molecular weight excluding hydrogens is 390 g/mol. The van der Waals surface area contributed by atoms with Gasteiger partial charge in [-0.2, -0.15) is 0 Å². The largest absolute Gasteiger partial charge is 0.496 e. The summed E-state index contributed by atoms with van der Waals surface area (Å²) in [4.78, 5) is 14.4. The highest BCUT2D eigenvalue weighted by Gasteiger charge is 2.19. The zero-order valence-corrected chi connectivity index (χ0v) is 18.2. The van der Waals surface area contributed by atoms with Gasteiger partial charge in [0.15, 0.2) is 0 Å². The number of carbonyl (C=O) groups is 1. The topological polar surface area (TPSA) is 87.7 Å². The Morgan fingerprint density at radius 2 is 1.69 bits per heavy atom. The van der Waals surface area contributed by atoms with Crippen LogP contribution in [-0.4, -0.2) is 41.1 Å². The first-order valence-corrected chi connectivity index (χ1v) is 11.1. The molecule has 0 radical (unpaired) electrons. The maximum Gasteiger partial charge on any atom is 0.255 e. The van der Waals surface area contributed by atoms with Crippen molar-refractivity contribution in [1.82, 2.24) is 10.0 Å². The first-order valence-electron chi connectivity index (χ1n) is 9.66. The minimum absolute atomic E-state index is 0.0133. The molecule has 7 nitrogen and oxygen atoms in total. The van der Waals surface area contributed by atoms with E-state index in [0.29, 0.717) is 12.3 Å². The van der Waals surface area contributed by atoms with Crippen LogP contribution in [0.2, 0.25) is 0 Å². The van der Waals surface area contributed by atoms with E-state index in [4.69, 9.17) is 4.74 Å². The Morgan fingerprint density at radius 1 is 1.03 bits per heavy atom. The van der Waals surface area contributed by atoms with Crippen LogP contribution in [0, 0.1) is 0 Å². The molecule has 158 valence electrons. The molecule has 0 bridgehead atoms. The molecule has 0 saturated carbocycles. The lowest BCUT2D eigenvalue weighted by molar-refractivity contribution is 0.0952. The van der Waals surface area contributed by atoms with Crippen molar-refractivity contribution in [3.63, 3.8) is 0 Å². The van der Waals surface area contributed by atoms with Crippen molar-refractivity contribution in [2.24, 2.45) is 0 Å². The predicted molar refractivity (Wildman–Crippen MR) is 115 cm³/mol. The van der Waals surface area contributed by atoms with Crippen LogP contribution < -0.4 is 19.7 Å². The van der Waals surface area contributed by atoms with E-state index in [2.05, 4.69) is 28.8 Å². The van der Waals surface area contributed by atoms with E-state index in [-0.39, 0.29) is 22.9 Å². The van der Waals surface area contributed by atoms with Crippen molar-refractivity contribution in [1.29, 1.82) is 0 Å². The lowest BCUT2D eigenvalue weighted by atomic mass is 10.2. The molecule has 2 aromatic rings. The van der Waals surface area contributed by atoms with E-state index in [1.807, 2.05) is 24.3 Å². The average molecular weight is 420 g/mol. The summed E-state index contributed by atoms with van der Waals surface area (Å²) < 4.78 is 33.2. The number of nitrogens with one attached hydrogen (secondary N) is 2. The van der Waals surface area contributed by atoms with Crippen molar-refractivity contribution >= 4 is 21.6 Å². The number of anilines is 1. The van der Waals surface area contributed by atoms with Gasteiger partial charge in [0.2, 0.25) is 10.0 Å². The first-order chi connectivity index (χ1) is 13.9. The van der Waals surface area contributed by atoms with Crippen LogP contribution in [0.25, 0.3) is 0 Å². The van der Waals surface area contributed by atoms with Crippen LogP contribution >= 0.6 is 0 Å².